The summed E-state index contributed by atoms with van der Waals surface area (Å²) in [4.78, 5) is 2.40. The average molecular weight is 323 g/mol. The zero-order valence-corrected chi connectivity index (χ0v) is 13.4. The number of aliphatic hydroxyl groups excluding tert-OH is 1. The number of sulfonamides is 1. The van der Waals surface area contributed by atoms with Gasteiger partial charge in [0, 0.05) is 6.61 Å². The van der Waals surface area contributed by atoms with E-state index in [-0.39, 0.29) is 16.9 Å². The Morgan fingerprint density at radius 3 is 2.68 bits per heavy atom. The fourth-order valence-corrected chi connectivity index (χ4v) is 4.00. The zero-order valence-electron chi connectivity index (χ0n) is 12.6. The lowest BCUT2D eigenvalue weighted by molar-refractivity contribution is 0.0649. The van der Waals surface area contributed by atoms with Crippen molar-refractivity contribution >= 4 is 21.5 Å². The third kappa shape index (κ3) is 3.02. The summed E-state index contributed by atoms with van der Waals surface area (Å²) in [6, 6.07) is 6.81. The first-order valence-corrected chi connectivity index (χ1v) is 8.89. The van der Waals surface area contributed by atoms with Crippen molar-refractivity contribution in [2.24, 2.45) is 9.81 Å². The van der Waals surface area contributed by atoms with Crippen LogP contribution in [0.15, 0.2) is 33.6 Å². The number of hydrogen-bond acceptors (Lipinski definition) is 5. The second kappa shape index (κ2) is 5.64. The first kappa shape index (κ1) is 15.5. The molecule has 0 atom stereocenters. The van der Waals surface area contributed by atoms with E-state index in [1.807, 2.05) is 0 Å². The summed E-state index contributed by atoms with van der Waals surface area (Å²) in [5.74, 6) is 0.464. The first-order chi connectivity index (χ1) is 10.4. The van der Waals surface area contributed by atoms with E-state index in [0.29, 0.717) is 18.1 Å². The molecule has 6 nitrogen and oxygen atoms in total. The molecule has 1 fully saturated rings. The number of benzene rings is 1. The topological polar surface area (TPSA) is 82.0 Å². The van der Waals surface area contributed by atoms with Crippen molar-refractivity contribution in [3.05, 3.63) is 24.3 Å². The molecule has 1 saturated heterocycles. The summed E-state index contributed by atoms with van der Waals surface area (Å²) in [5, 5.41) is 12.5. The highest BCUT2D eigenvalue weighted by Crippen LogP contribution is 2.31. The van der Waals surface area contributed by atoms with Gasteiger partial charge in [-0.25, -0.2) is 0 Å². The first-order valence-electron chi connectivity index (χ1n) is 7.45. The Balaban J connectivity index is 1.72. The Bertz CT molecular complexity index is 692. The van der Waals surface area contributed by atoms with Crippen LogP contribution in [-0.2, 0) is 10.0 Å². The molecule has 0 amide bonds. The lowest BCUT2D eigenvalue weighted by Gasteiger charge is -2.38. The lowest BCUT2D eigenvalue weighted by Crippen LogP contribution is -2.44. The Kier molecular flexibility index (Phi) is 3.96. The molecular formula is C15H21N3O3S. The van der Waals surface area contributed by atoms with Crippen LogP contribution < -0.4 is 5.32 Å². The van der Waals surface area contributed by atoms with E-state index in [1.54, 1.807) is 24.3 Å². The van der Waals surface area contributed by atoms with E-state index < -0.39 is 10.0 Å². The van der Waals surface area contributed by atoms with E-state index in [0.717, 1.165) is 25.9 Å². The number of anilines is 1. The smallest absolute Gasteiger partial charge is 0.286 e. The molecule has 0 bridgehead atoms. The predicted octanol–water partition coefficient (Wildman–Crippen LogP) is 1.29. The van der Waals surface area contributed by atoms with Crippen LogP contribution in [0.5, 0.6) is 0 Å². The number of aliphatic hydroxyl groups is 1. The number of nitrogens with one attached hydrogen (secondary N) is 1. The molecule has 2 aliphatic heterocycles. The summed E-state index contributed by atoms with van der Waals surface area (Å²) < 4.78 is 28.3. The fraction of sp³-hybridized carbons (Fsp3) is 0.533. The van der Waals surface area contributed by atoms with Gasteiger partial charge in [0.05, 0.1) is 12.2 Å². The van der Waals surface area contributed by atoms with Gasteiger partial charge in [-0.15, -0.1) is 4.40 Å². The average Bonchev–Trinajstić information content (AvgIpc) is 2.49. The number of piperidine rings is 1. The van der Waals surface area contributed by atoms with Gasteiger partial charge >= 0.3 is 0 Å². The molecule has 0 saturated carbocycles. The molecule has 120 valence electrons. The molecule has 0 spiro atoms. The monoisotopic (exact) mass is 323 g/mol. The van der Waals surface area contributed by atoms with E-state index in [9.17, 15) is 13.5 Å². The van der Waals surface area contributed by atoms with Gasteiger partial charge in [-0.05, 0) is 43.5 Å². The van der Waals surface area contributed by atoms with Gasteiger partial charge in [-0.1, -0.05) is 19.1 Å². The summed E-state index contributed by atoms with van der Waals surface area (Å²) in [6.45, 7) is 4.43. The van der Waals surface area contributed by atoms with Gasteiger partial charge in [0.2, 0.25) is 0 Å². The van der Waals surface area contributed by atoms with Gasteiger partial charge in [-0.2, -0.15) is 8.42 Å². The Labute approximate surface area is 130 Å². The molecule has 0 aliphatic carbocycles. The van der Waals surface area contributed by atoms with Crippen molar-refractivity contribution in [2.45, 2.75) is 24.7 Å². The summed E-state index contributed by atoms with van der Waals surface area (Å²) >= 11 is 0. The van der Waals surface area contributed by atoms with E-state index in [1.165, 1.54) is 0 Å². The minimum atomic E-state index is -3.61. The maximum Gasteiger partial charge on any atom is 0.286 e. The zero-order chi connectivity index (χ0) is 15.8. The van der Waals surface area contributed by atoms with Gasteiger partial charge in [0.25, 0.3) is 10.0 Å². The molecule has 0 aromatic heterocycles. The highest BCUT2D eigenvalue weighted by Gasteiger charge is 2.31. The third-order valence-corrected chi connectivity index (χ3v) is 5.87. The third-order valence-electron chi connectivity index (χ3n) is 4.49. The Morgan fingerprint density at radius 1 is 1.32 bits per heavy atom. The maximum atomic E-state index is 12.2. The molecule has 2 heterocycles. The minimum Gasteiger partial charge on any atom is -0.396 e. The highest BCUT2D eigenvalue weighted by atomic mass is 32.2. The largest absolute Gasteiger partial charge is 0.396 e. The summed E-state index contributed by atoms with van der Waals surface area (Å²) in [5.41, 5.74) is 0.571. The van der Waals surface area contributed by atoms with Crippen LogP contribution >= 0.6 is 0 Å². The van der Waals surface area contributed by atoms with Crippen LogP contribution in [0.25, 0.3) is 0 Å². The molecule has 7 heteroatoms. The summed E-state index contributed by atoms with van der Waals surface area (Å²) in [7, 11) is -3.61. The Hall–Kier alpha value is -1.44. The van der Waals surface area contributed by atoms with Crippen molar-refractivity contribution in [3.8, 4) is 0 Å². The normalized spacial score (nSPS) is 23.3. The van der Waals surface area contributed by atoms with E-state index in [4.69, 9.17) is 0 Å². The number of fused-ring (bicyclic) bond motifs is 1. The van der Waals surface area contributed by atoms with Gasteiger partial charge in [-0.3, -0.25) is 4.90 Å². The number of hydrogen-bond donors (Lipinski definition) is 2. The lowest BCUT2D eigenvalue weighted by atomic mass is 9.81. The van der Waals surface area contributed by atoms with Crippen molar-refractivity contribution < 1.29 is 13.5 Å². The Morgan fingerprint density at radius 2 is 2.00 bits per heavy atom. The van der Waals surface area contributed by atoms with Crippen LogP contribution in [-0.4, -0.2) is 50.5 Å². The number of rotatable bonds is 3. The second-order valence-electron chi connectivity index (χ2n) is 6.38. The molecule has 22 heavy (non-hydrogen) atoms. The quantitative estimate of drug-likeness (QED) is 0.876. The van der Waals surface area contributed by atoms with Crippen molar-refractivity contribution in [1.29, 1.82) is 0 Å². The molecular weight excluding hydrogens is 302 g/mol. The van der Waals surface area contributed by atoms with Crippen LogP contribution in [0.1, 0.15) is 19.8 Å². The highest BCUT2D eigenvalue weighted by molar-refractivity contribution is 7.90. The van der Waals surface area contributed by atoms with Gasteiger partial charge in [0.15, 0.2) is 0 Å². The fourth-order valence-electron chi connectivity index (χ4n) is 2.86. The number of para-hydroxylation sites is 1. The SMILES string of the molecule is CC1(CO)CCN(CC2=NS(=O)(=O)c3ccccc3N2)CC1. The van der Waals surface area contributed by atoms with Gasteiger partial charge in [0.1, 0.15) is 10.7 Å². The molecule has 3 rings (SSSR count). The van der Waals surface area contributed by atoms with E-state index in [2.05, 4.69) is 21.5 Å². The standard InChI is InChI=1S/C15H21N3O3S/c1-15(11-19)6-8-18(9-7-15)10-14-16-12-4-2-3-5-13(12)22(20,21)17-14/h2-5,19H,6-11H2,1H3,(H,16,17). The van der Waals surface area contributed by atoms with Crippen molar-refractivity contribution in [3.63, 3.8) is 0 Å². The molecule has 1 aromatic rings. The van der Waals surface area contributed by atoms with Gasteiger partial charge < -0.3 is 10.4 Å². The van der Waals surface area contributed by atoms with Crippen LogP contribution in [0.2, 0.25) is 0 Å². The molecule has 2 aliphatic rings. The molecule has 2 N–H and O–H groups in total. The van der Waals surface area contributed by atoms with E-state index >= 15 is 0 Å². The number of amidine groups is 1. The predicted molar refractivity (Wildman–Crippen MR) is 85.6 cm³/mol. The number of nitrogens with zero attached hydrogens (tertiary/aromatic N) is 2. The second-order valence-corrected chi connectivity index (χ2v) is 7.95. The maximum absolute atomic E-state index is 12.2. The van der Waals surface area contributed by atoms with Crippen molar-refractivity contribution in [1.82, 2.24) is 4.90 Å². The summed E-state index contributed by atoms with van der Waals surface area (Å²) in [6.07, 6.45) is 1.81. The molecule has 0 radical (unpaired) electrons. The minimum absolute atomic E-state index is 0.0169. The number of likely N-dealkylation sites (tertiary alicyclic amines) is 1. The molecule has 1 aromatic carbocycles. The van der Waals surface area contributed by atoms with Crippen LogP contribution in [0.4, 0.5) is 5.69 Å². The van der Waals surface area contributed by atoms with Crippen LogP contribution in [0, 0.1) is 5.41 Å². The van der Waals surface area contributed by atoms with Crippen LogP contribution in [0.3, 0.4) is 0 Å². The van der Waals surface area contributed by atoms with Crippen molar-refractivity contribution in [2.75, 3.05) is 31.6 Å². The molecule has 0 unspecified atom stereocenters.